The third-order valence-corrected chi connectivity index (χ3v) is 4.69. The summed E-state index contributed by atoms with van der Waals surface area (Å²) >= 11 is 1.48. The Morgan fingerprint density at radius 2 is 2.35 bits per heavy atom. The van der Waals surface area contributed by atoms with Crippen LogP contribution in [0.3, 0.4) is 0 Å². The van der Waals surface area contributed by atoms with Crippen molar-refractivity contribution in [3.05, 3.63) is 40.4 Å². The van der Waals surface area contributed by atoms with E-state index in [0.29, 0.717) is 35.5 Å². The summed E-state index contributed by atoms with van der Waals surface area (Å²) in [4.78, 5) is 17.7. The summed E-state index contributed by atoms with van der Waals surface area (Å²) in [5.41, 5.74) is 2.36. The molecule has 3 aromatic rings. The molecule has 0 unspecified atom stereocenters. The largest absolute Gasteiger partial charge is 0.472 e. The van der Waals surface area contributed by atoms with Gasteiger partial charge in [0.25, 0.3) is 11.8 Å². The van der Waals surface area contributed by atoms with Crippen LogP contribution in [0.15, 0.2) is 27.5 Å². The summed E-state index contributed by atoms with van der Waals surface area (Å²) in [5.74, 6) is 0.735. The van der Waals surface area contributed by atoms with Crippen molar-refractivity contribution in [2.24, 2.45) is 0 Å². The number of thiophene rings is 1. The van der Waals surface area contributed by atoms with Crippen LogP contribution < -0.4 is 5.32 Å². The summed E-state index contributed by atoms with van der Waals surface area (Å²) in [6, 6.07) is 1.61. The number of carbonyl (C=O) groups excluding carboxylic acids is 1. The average Bonchev–Trinajstić information content (AvgIpc) is 3.25. The Morgan fingerprint density at radius 3 is 3.09 bits per heavy atom. The minimum atomic E-state index is -0.240. The molecule has 1 aliphatic heterocycles. The lowest BCUT2D eigenvalue weighted by Gasteiger charge is -2.12. The Kier molecular flexibility index (Phi) is 3.47. The second-order valence-electron chi connectivity index (χ2n) is 5.12. The van der Waals surface area contributed by atoms with E-state index >= 15 is 0 Å². The number of nitrogens with one attached hydrogen (secondary N) is 1. The van der Waals surface area contributed by atoms with Gasteiger partial charge in [-0.3, -0.25) is 4.79 Å². The van der Waals surface area contributed by atoms with Gasteiger partial charge in [-0.15, -0.1) is 11.3 Å². The molecule has 0 spiro atoms. The van der Waals surface area contributed by atoms with Gasteiger partial charge in [0.05, 0.1) is 30.6 Å². The third kappa shape index (κ3) is 2.55. The number of rotatable bonds is 3. The van der Waals surface area contributed by atoms with Crippen LogP contribution in [0.4, 0.5) is 5.00 Å². The third-order valence-electron chi connectivity index (χ3n) is 3.57. The minimum Gasteiger partial charge on any atom is -0.472 e. The molecule has 0 saturated carbocycles. The van der Waals surface area contributed by atoms with Gasteiger partial charge in [0.2, 0.25) is 0 Å². The molecule has 7 nitrogen and oxygen atoms in total. The number of anilines is 1. The highest BCUT2D eigenvalue weighted by Gasteiger charge is 2.27. The van der Waals surface area contributed by atoms with Gasteiger partial charge >= 0.3 is 0 Å². The van der Waals surface area contributed by atoms with Gasteiger partial charge in [0.1, 0.15) is 11.3 Å². The van der Waals surface area contributed by atoms with Gasteiger partial charge in [0, 0.05) is 4.88 Å². The molecule has 0 aliphatic carbocycles. The molecule has 0 atom stereocenters. The molecule has 1 amide bonds. The van der Waals surface area contributed by atoms with E-state index < -0.39 is 0 Å². The summed E-state index contributed by atoms with van der Waals surface area (Å²) in [6.45, 7) is 2.93. The van der Waals surface area contributed by atoms with Crippen LogP contribution in [0, 0.1) is 6.92 Å². The SMILES string of the molecule is Cc1noc(-c2c(NC(=O)c3ccoc3)sc3c2CCOC3)n1. The van der Waals surface area contributed by atoms with Gasteiger partial charge in [-0.25, -0.2) is 0 Å². The fraction of sp³-hybridized carbons (Fsp3) is 0.267. The number of fused-ring (bicyclic) bond motifs is 1. The number of amides is 1. The first-order valence-electron chi connectivity index (χ1n) is 7.09. The lowest BCUT2D eigenvalue weighted by atomic mass is 10.1. The average molecular weight is 331 g/mol. The van der Waals surface area contributed by atoms with Crippen LogP contribution in [0.1, 0.15) is 26.6 Å². The smallest absolute Gasteiger partial charge is 0.261 e. The molecule has 3 aromatic heterocycles. The van der Waals surface area contributed by atoms with Crippen molar-refractivity contribution in [1.29, 1.82) is 0 Å². The van der Waals surface area contributed by atoms with E-state index in [1.165, 1.54) is 23.9 Å². The highest BCUT2D eigenvalue weighted by molar-refractivity contribution is 7.17. The second-order valence-corrected chi connectivity index (χ2v) is 6.23. The molecule has 1 N–H and O–H groups in total. The number of carbonyl (C=O) groups is 1. The van der Waals surface area contributed by atoms with Gasteiger partial charge < -0.3 is 19.0 Å². The van der Waals surface area contributed by atoms with Crippen molar-refractivity contribution >= 4 is 22.2 Å². The topological polar surface area (TPSA) is 90.4 Å². The van der Waals surface area contributed by atoms with Crippen molar-refractivity contribution in [3.63, 3.8) is 0 Å². The van der Waals surface area contributed by atoms with E-state index in [9.17, 15) is 4.79 Å². The first kappa shape index (κ1) is 14.2. The summed E-state index contributed by atoms with van der Waals surface area (Å²) in [6.07, 6.45) is 3.62. The number of aromatic nitrogens is 2. The van der Waals surface area contributed by atoms with Crippen LogP contribution in [-0.2, 0) is 17.8 Å². The maximum absolute atomic E-state index is 12.3. The summed E-state index contributed by atoms with van der Waals surface area (Å²) in [7, 11) is 0. The standard InChI is InChI=1S/C15H13N3O4S/c1-8-16-14(22-18-8)12-10-3-5-21-7-11(10)23-15(12)17-13(19)9-2-4-20-6-9/h2,4,6H,3,5,7H2,1H3,(H,17,19). The quantitative estimate of drug-likeness (QED) is 0.793. The molecule has 23 heavy (non-hydrogen) atoms. The normalized spacial score (nSPS) is 13.8. The van der Waals surface area contributed by atoms with E-state index in [-0.39, 0.29) is 5.91 Å². The summed E-state index contributed by atoms with van der Waals surface area (Å²) < 4.78 is 15.8. The Balaban J connectivity index is 1.76. The zero-order valence-corrected chi connectivity index (χ0v) is 13.1. The van der Waals surface area contributed by atoms with Crippen molar-refractivity contribution < 1.29 is 18.5 Å². The van der Waals surface area contributed by atoms with E-state index in [0.717, 1.165) is 22.4 Å². The number of furan rings is 1. The monoisotopic (exact) mass is 331 g/mol. The molecular weight excluding hydrogens is 318 g/mol. The van der Waals surface area contributed by atoms with Crippen molar-refractivity contribution in [1.82, 2.24) is 10.1 Å². The van der Waals surface area contributed by atoms with E-state index in [4.69, 9.17) is 13.7 Å². The molecule has 0 bridgehead atoms. The Morgan fingerprint density at radius 1 is 1.43 bits per heavy atom. The fourth-order valence-electron chi connectivity index (χ4n) is 2.51. The van der Waals surface area contributed by atoms with Crippen LogP contribution in [0.5, 0.6) is 0 Å². The molecule has 4 rings (SSSR count). The molecule has 0 radical (unpaired) electrons. The maximum atomic E-state index is 12.3. The van der Waals surface area contributed by atoms with Crippen molar-refractivity contribution in [3.8, 4) is 11.5 Å². The minimum absolute atomic E-state index is 0.240. The van der Waals surface area contributed by atoms with Gasteiger partial charge in [-0.2, -0.15) is 4.98 Å². The van der Waals surface area contributed by atoms with E-state index in [1.807, 2.05) is 0 Å². The molecule has 118 valence electrons. The Labute approximate surface area is 135 Å². The molecule has 1 aliphatic rings. The number of aryl methyl sites for hydroxylation is 1. The van der Waals surface area contributed by atoms with Crippen LogP contribution in [0.2, 0.25) is 0 Å². The molecule has 0 aromatic carbocycles. The molecule has 0 fully saturated rings. The second kappa shape index (κ2) is 5.64. The molecule has 8 heteroatoms. The number of hydrogen-bond donors (Lipinski definition) is 1. The van der Waals surface area contributed by atoms with E-state index in [1.54, 1.807) is 13.0 Å². The van der Waals surface area contributed by atoms with Crippen LogP contribution >= 0.6 is 11.3 Å². The van der Waals surface area contributed by atoms with Gasteiger partial charge in [-0.1, -0.05) is 5.16 Å². The molecule has 0 saturated heterocycles. The Bertz CT molecular complexity index is 850. The van der Waals surface area contributed by atoms with Crippen molar-refractivity contribution in [2.75, 3.05) is 11.9 Å². The van der Waals surface area contributed by atoms with Gasteiger partial charge in [-0.05, 0) is 25.0 Å². The molecular formula is C15H13N3O4S. The molecule has 4 heterocycles. The number of nitrogens with zero attached hydrogens (tertiary/aromatic N) is 2. The maximum Gasteiger partial charge on any atom is 0.261 e. The summed E-state index contributed by atoms with van der Waals surface area (Å²) in [5, 5.41) is 7.46. The predicted octanol–water partition coefficient (Wildman–Crippen LogP) is 3.02. The highest BCUT2D eigenvalue weighted by atomic mass is 32.1. The zero-order chi connectivity index (χ0) is 15.8. The highest BCUT2D eigenvalue weighted by Crippen LogP contribution is 2.42. The predicted molar refractivity (Wildman–Crippen MR) is 82.4 cm³/mol. The van der Waals surface area contributed by atoms with Crippen LogP contribution in [0.25, 0.3) is 11.5 Å². The number of ether oxygens (including phenoxy) is 1. The van der Waals surface area contributed by atoms with E-state index in [2.05, 4.69) is 15.5 Å². The van der Waals surface area contributed by atoms with Crippen molar-refractivity contribution in [2.45, 2.75) is 20.0 Å². The lowest BCUT2D eigenvalue weighted by molar-refractivity contribution is 0.102. The number of hydrogen-bond acceptors (Lipinski definition) is 7. The Hall–Kier alpha value is -2.45. The van der Waals surface area contributed by atoms with Crippen LogP contribution in [-0.4, -0.2) is 22.7 Å². The van der Waals surface area contributed by atoms with Gasteiger partial charge in [0.15, 0.2) is 5.82 Å². The zero-order valence-electron chi connectivity index (χ0n) is 12.3. The lowest BCUT2D eigenvalue weighted by Crippen LogP contribution is -2.11. The first-order chi connectivity index (χ1) is 11.2. The fourth-order valence-corrected chi connectivity index (χ4v) is 3.69. The first-order valence-corrected chi connectivity index (χ1v) is 7.90.